The van der Waals surface area contributed by atoms with Gasteiger partial charge >= 0.3 is 23.9 Å². The highest BCUT2D eigenvalue weighted by Crippen LogP contribution is 2.27. The van der Waals surface area contributed by atoms with Crippen molar-refractivity contribution in [3.8, 4) is 0 Å². The molecule has 1 aromatic carbocycles. The third-order valence-corrected chi connectivity index (χ3v) is 13.4. The summed E-state index contributed by atoms with van der Waals surface area (Å²) in [5.74, 6) is -10.4. The monoisotopic (exact) mass is 1040 g/mol. The Kier molecular flexibility index (Phi) is 25.0. The lowest BCUT2D eigenvalue weighted by molar-refractivity contribution is -0.145. The fourth-order valence-corrected chi connectivity index (χ4v) is 8.73. The van der Waals surface area contributed by atoms with Crippen LogP contribution in [0.5, 0.6) is 0 Å². The molecule has 0 radical (unpaired) electrons. The number of aryl methyl sites for hydroxylation is 2. The molecular formula is C44H60N8O17S2. The second-order valence-electron chi connectivity index (χ2n) is 16.5. The van der Waals surface area contributed by atoms with Crippen molar-refractivity contribution in [2.24, 2.45) is 17.8 Å². The fourth-order valence-electron chi connectivity index (χ4n) is 6.60. The zero-order valence-corrected chi connectivity index (χ0v) is 40.3. The first-order valence-electron chi connectivity index (χ1n) is 22.3. The lowest BCUT2D eigenvalue weighted by Gasteiger charge is -2.26. The summed E-state index contributed by atoms with van der Waals surface area (Å²) in [7, 11) is 2.17. The second-order valence-corrected chi connectivity index (χ2v) is 19.1. The molecule has 0 unspecified atom stereocenters. The largest absolute Gasteiger partial charge is 0.481 e. The van der Waals surface area contributed by atoms with E-state index in [2.05, 4.69) is 30.6 Å². The highest BCUT2D eigenvalue weighted by Gasteiger charge is 2.32. The average molecular weight is 1040 g/mol. The molecule has 0 saturated heterocycles. The minimum atomic E-state index is -1.96. The Morgan fingerprint density at radius 1 is 0.775 bits per heavy atom. The van der Waals surface area contributed by atoms with Crippen molar-refractivity contribution in [3.05, 3.63) is 47.3 Å². The Bertz CT molecular complexity index is 2310. The van der Waals surface area contributed by atoms with Crippen molar-refractivity contribution < 1.29 is 83.9 Å². The normalized spacial score (nSPS) is 14.7. The molecule has 27 heteroatoms. The van der Waals surface area contributed by atoms with Gasteiger partial charge in [0.25, 0.3) is 0 Å². The lowest BCUT2D eigenvalue weighted by Crippen LogP contribution is -2.49. The van der Waals surface area contributed by atoms with Crippen LogP contribution < -0.4 is 22.1 Å². The van der Waals surface area contributed by atoms with E-state index in [1.165, 1.54) is 6.92 Å². The number of anilines is 2. The molecule has 3 rings (SSSR count). The van der Waals surface area contributed by atoms with Gasteiger partial charge in [-0.3, -0.25) is 38.4 Å². The van der Waals surface area contributed by atoms with Crippen LogP contribution in [0.4, 0.5) is 11.8 Å². The van der Waals surface area contributed by atoms with Crippen LogP contribution in [0.1, 0.15) is 79.9 Å². The van der Waals surface area contributed by atoms with Gasteiger partial charge in [0.2, 0.25) is 17.8 Å². The summed E-state index contributed by atoms with van der Waals surface area (Å²) in [6.07, 6.45) is -7.52. The number of carboxylic acids is 3. The van der Waals surface area contributed by atoms with Gasteiger partial charge < -0.3 is 67.7 Å². The van der Waals surface area contributed by atoms with Crippen LogP contribution in [0.15, 0.2) is 30.5 Å². The van der Waals surface area contributed by atoms with Crippen molar-refractivity contribution >= 4 is 91.8 Å². The Morgan fingerprint density at radius 3 is 2.10 bits per heavy atom. The molecule has 2 amide bonds. The number of ether oxygens (including phenoxy) is 1. The predicted molar refractivity (Wildman–Crippen MR) is 255 cm³/mol. The third-order valence-electron chi connectivity index (χ3n) is 10.9. The predicted octanol–water partition coefficient (Wildman–Crippen LogP) is -0.674. The maximum Gasteiger partial charge on any atom is 0.307 e. The zero-order chi connectivity index (χ0) is 52.8. The summed E-state index contributed by atoms with van der Waals surface area (Å²) in [6.45, 7) is -0.243. The summed E-state index contributed by atoms with van der Waals surface area (Å²) in [6, 6.07) is 5.27. The number of carboxylic acid groups (broad SMARTS) is 3. The van der Waals surface area contributed by atoms with Gasteiger partial charge in [0, 0.05) is 61.6 Å². The van der Waals surface area contributed by atoms with Crippen LogP contribution in [-0.4, -0.2) is 170 Å². The van der Waals surface area contributed by atoms with Crippen molar-refractivity contribution in [1.82, 2.24) is 30.6 Å². The van der Waals surface area contributed by atoms with Gasteiger partial charge in [-0.2, -0.15) is 9.97 Å². The van der Waals surface area contributed by atoms with Crippen molar-refractivity contribution in [2.45, 2.75) is 102 Å². The molecule has 14 N–H and O–H groups in total. The average Bonchev–Trinajstić information content (AvgIpc) is 3.33. The van der Waals surface area contributed by atoms with E-state index in [9.17, 15) is 69.0 Å². The van der Waals surface area contributed by atoms with E-state index < -0.39 is 121 Å². The van der Waals surface area contributed by atoms with E-state index in [1.807, 2.05) is 0 Å². The van der Waals surface area contributed by atoms with Crippen LogP contribution in [0.25, 0.3) is 11.2 Å². The summed E-state index contributed by atoms with van der Waals surface area (Å²) in [4.78, 5) is 116. The summed E-state index contributed by atoms with van der Waals surface area (Å²) >= 11 is 0. The topological polar surface area (TPSA) is 435 Å². The number of ketones is 2. The summed E-state index contributed by atoms with van der Waals surface area (Å²) in [5.41, 5.74) is 13.9. The van der Waals surface area contributed by atoms with Crippen LogP contribution in [-0.2, 0) is 51.1 Å². The molecule has 0 aliphatic carbocycles. The van der Waals surface area contributed by atoms with Gasteiger partial charge in [-0.25, -0.2) is 9.97 Å². The number of aliphatic hydroxyl groups excluding tert-OH is 5. The van der Waals surface area contributed by atoms with Crippen molar-refractivity contribution in [2.75, 3.05) is 42.7 Å². The van der Waals surface area contributed by atoms with Crippen LogP contribution in [0, 0.1) is 17.8 Å². The van der Waals surface area contributed by atoms with Gasteiger partial charge in [-0.1, -0.05) is 52.8 Å². The molecule has 2 heterocycles. The number of Topliss-reactive ketones (excluding diaryl/α,β-unsaturated/α-hetero) is 2. The Morgan fingerprint density at radius 2 is 1.45 bits per heavy atom. The molecule has 0 bridgehead atoms. The quantitative estimate of drug-likeness (QED) is 0.0153. The number of nitrogen functional groups attached to an aromatic ring is 2. The molecule has 3 aromatic rings. The Hall–Kier alpha value is -6.10. The number of nitrogens with one attached hydrogen (secondary N) is 2. The van der Waals surface area contributed by atoms with E-state index in [0.29, 0.717) is 29.6 Å². The fraction of sp³-hybridized carbons (Fsp3) is 0.545. The highest BCUT2D eigenvalue weighted by atomic mass is 33.1. The van der Waals surface area contributed by atoms with E-state index in [0.717, 1.165) is 27.2 Å². The number of amides is 2. The molecule has 25 nitrogen and oxygen atoms in total. The van der Waals surface area contributed by atoms with Crippen molar-refractivity contribution in [1.29, 1.82) is 0 Å². The number of fused-ring (bicyclic) bond motifs is 1. The molecule has 390 valence electrons. The van der Waals surface area contributed by atoms with Gasteiger partial charge in [0.15, 0.2) is 28.5 Å². The smallest absolute Gasteiger partial charge is 0.307 e. The van der Waals surface area contributed by atoms with Crippen LogP contribution >= 0.6 is 21.6 Å². The first-order chi connectivity index (χ1) is 33.6. The molecule has 0 saturated carbocycles. The molecule has 8 atom stereocenters. The standard InChI is InChI=1S/C44H60N8O17S2/c1-22(2-12-34(59)60)41(64)50-28(10-11-33(58)47-19-31(56)37(62)38(63)32(57)20-53)30(55)17-26(43(67)68)21-71-70-15-14-69-35(61)13-8-25(42(65)66)16-29(54)24-6-3-23(4-7-24)5-9-27-18-48-40-36(49-27)39(45)51-44(46)52-40/h3-4,6-7,18,22,25-26,28,31-32,37-38,53,56-57,62-63H,2,5,8-17,19-21H2,1H3,(H,47,58)(H,50,64)(H,59,60)(H,65,66)(H,67,68)(H4,45,46,48,51,52)/t22-,25+,26-,28-,31-,32+,37+,38+/m0/s1. The third kappa shape index (κ3) is 20.6. The van der Waals surface area contributed by atoms with Gasteiger partial charge in [0.05, 0.1) is 42.5 Å². The maximum atomic E-state index is 13.4. The number of nitrogens with two attached hydrogens (primary N) is 2. The minimum Gasteiger partial charge on any atom is -0.481 e. The number of carbonyl (C=O) groups is 8. The summed E-state index contributed by atoms with van der Waals surface area (Å²) in [5, 5.41) is 81.7. The number of hydrogen-bond acceptors (Lipinski definition) is 22. The molecule has 0 fully saturated rings. The van der Waals surface area contributed by atoms with E-state index in [1.54, 1.807) is 30.5 Å². The van der Waals surface area contributed by atoms with E-state index in [-0.39, 0.29) is 74.1 Å². The first-order valence-corrected chi connectivity index (χ1v) is 24.8. The lowest BCUT2D eigenvalue weighted by atomic mass is 9.93. The molecule has 0 aliphatic rings. The number of hydrogen-bond donors (Lipinski definition) is 12. The maximum absolute atomic E-state index is 13.4. The van der Waals surface area contributed by atoms with E-state index >= 15 is 0 Å². The van der Waals surface area contributed by atoms with Crippen LogP contribution in [0.2, 0.25) is 0 Å². The van der Waals surface area contributed by atoms with Crippen molar-refractivity contribution in [3.63, 3.8) is 0 Å². The molecule has 0 aliphatic heterocycles. The first kappa shape index (κ1) is 59.2. The number of esters is 1. The Balaban J connectivity index is 1.44. The number of nitrogens with zero attached hydrogens (tertiary/aromatic N) is 4. The van der Waals surface area contributed by atoms with Gasteiger partial charge in [-0.15, -0.1) is 0 Å². The number of rotatable bonds is 34. The van der Waals surface area contributed by atoms with Gasteiger partial charge in [0.1, 0.15) is 24.9 Å². The number of carbonyl (C=O) groups excluding carboxylic acids is 5. The SMILES string of the molecule is C[C@@H](CCC(=O)O)C(=O)N[C@@H](CCC(=O)NC[C@H](O)[C@@H](O)[C@H](O)[C@H](O)CO)C(=O)C[C@@H](CSSCCOC(=O)CC[C@H](CC(=O)c1ccc(CCc2cnc3nc(N)nc(N)c3n2)cc1)C(=O)O)C(=O)O. The van der Waals surface area contributed by atoms with Crippen LogP contribution in [0.3, 0.4) is 0 Å². The molecule has 0 spiro atoms. The number of benzene rings is 1. The number of aliphatic hydroxyl groups is 5. The second kappa shape index (κ2) is 29.9. The Labute approximate surface area is 414 Å². The highest BCUT2D eigenvalue weighted by molar-refractivity contribution is 8.76. The number of aromatic nitrogens is 4. The zero-order valence-electron chi connectivity index (χ0n) is 38.6. The molecule has 71 heavy (non-hydrogen) atoms. The number of aliphatic carboxylic acids is 3. The van der Waals surface area contributed by atoms with Gasteiger partial charge in [-0.05, 0) is 37.7 Å². The summed E-state index contributed by atoms with van der Waals surface area (Å²) < 4.78 is 5.20. The van der Waals surface area contributed by atoms with E-state index in [4.69, 9.17) is 26.4 Å². The minimum absolute atomic E-state index is 0.0150. The molecular weight excluding hydrogens is 977 g/mol. The molecule has 2 aromatic heterocycles.